The molecule has 0 aliphatic carbocycles. The van der Waals surface area contributed by atoms with Crippen LogP contribution in [0.4, 0.5) is 0 Å². The van der Waals surface area contributed by atoms with Gasteiger partial charge in [-0.15, -0.1) is 0 Å². The summed E-state index contributed by atoms with van der Waals surface area (Å²) in [7, 11) is 0. The molecule has 2 N–H and O–H groups in total. The lowest BCUT2D eigenvalue weighted by Gasteiger charge is -2.20. The van der Waals surface area contributed by atoms with Crippen molar-refractivity contribution in [1.29, 1.82) is 0 Å². The minimum atomic E-state index is -0.122. The summed E-state index contributed by atoms with van der Waals surface area (Å²) in [6, 6.07) is 13.5. The number of nitrogens with two attached hydrogens (primary N) is 1. The Morgan fingerprint density at radius 2 is 2.17 bits per heavy atom. The lowest BCUT2D eigenvalue weighted by molar-refractivity contribution is 0.198. The van der Waals surface area contributed by atoms with E-state index in [9.17, 15) is 0 Å². The van der Waals surface area contributed by atoms with Gasteiger partial charge in [-0.05, 0) is 37.3 Å². The molecule has 4 nitrogen and oxygen atoms in total. The van der Waals surface area contributed by atoms with Gasteiger partial charge in [-0.25, -0.2) is 0 Å². The summed E-state index contributed by atoms with van der Waals surface area (Å²) in [5.41, 5.74) is 3.58. The largest absolute Gasteiger partial charge is 0.486 e. The van der Waals surface area contributed by atoms with E-state index < -0.39 is 0 Å². The van der Waals surface area contributed by atoms with Gasteiger partial charge < -0.3 is 10.6 Å². The molecule has 6 heteroatoms. The summed E-state index contributed by atoms with van der Waals surface area (Å²) < 4.78 is 7.20. The lowest BCUT2D eigenvalue weighted by atomic mass is 9.96. The molecule has 0 aromatic heterocycles. The highest BCUT2D eigenvalue weighted by Gasteiger charge is 2.24. The van der Waals surface area contributed by atoms with Crippen molar-refractivity contribution < 1.29 is 4.74 Å². The molecule has 0 saturated heterocycles. The number of rotatable bonds is 3. The second-order valence-electron chi connectivity index (χ2n) is 5.53. The fourth-order valence-electron chi connectivity index (χ4n) is 2.75. The van der Waals surface area contributed by atoms with Crippen molar-refractivity contribution in [2.24, 2.45) is 15.9 Å². The quantitative estimate of drug-likeness (QED) is 0.454. The number of ether oxygens (including phenoxy) is 1. The minimum absolute atomic E-state index is 0.122. The van der Waals surface area contributed by atoms with Gasteiger partial charge >= 0.3 is 0 Å². The molecule has 0 radical (unpaired) electrons. The maximum atomic E-state index is 6.21. The molecular weight excluding hydrogens is 390 g/mol. The van der Waals surface area contributed by atoms with Crippen molar-refractivity contribution in [3.8, 4) is 5.75 Å². The SMILES string of the molecule is CC(=NN)C1=NCCC(Oc2cccc(Cl)c2)c2cc(Br)ccc21. The van der Waals surface area contributed by atoms with Gasteiger partial charge in [0, 0.05) is 33.6 Å². The van der Waals surface area contributed by atoms with E-state index >= 15 is 0 Å². The molecule has 124 valence electrons. The predicted molar refractivity (Wildman–Crippen MR) is 102 cm³/mol. The lowest BCUT2D eigenvalue weighted by Crippen LogP contribution is -2.17. The first-order valence-corrected chi connectivity index (χ1v) is 8.77. The van der Waals surface area contributed by atoms with Gasteiger partial charge in [-0.1, -0.05) is 39.7 Å². The van der Waals surface area contributed by atoms with Crippen LogP contribution in [0.3, 0.4) is 0 Å². The molecule has 0 bridgehead atoms. The van der Waals surface area contributed by atoms with Gasteiger partial charge in [-0.2, -0.15) is 5.10 Å². The van der Waals surface area contributed by atoms with Crippen LogP contribution in [0.1, 0.15) is 30.6 Å². The number of nitrogens with zero attached hydrogens (tertiary/aromatic N) is 2. The average Bonchev–Trinajstić information content (AvgIpc) is 2.74. The standard InChI is InChI=1S/C18H17BrClN3O/c1-11(23-21)18-15-6-5-12(19)9-16(15)17(7-8-22-18)24-14-4-2-3-13(20)10-14/h2-6,9-10,17H,7-8,21H2,1H3. The molecule has 1 atom stereocenters. The Hall–Kier alpha value is -1.85. The van der Waals surface area contributed by atoms with Crippen LogP contribution in [0.5, 0.6) is 5.75 Å². The molecular formula is C18H17BrClN3O. The molecule has 0 amide bonds. The molecule has 24 heavy (non-hydrogen) atoms. The van der Waals surface area contributed by atoms with Crippen LogP contribution in [0.15, 0.2) is 57.0 Å². The third-order valence-corrected chi connectivity index (χ3v) is 4.62. The Kier molecular flexibility index (Phi) is 5.21. The van der Waals surface area contributed by atoms with Crippen LogP contribution < -0.4 is 10.6 Å². The number of fused-ring (bicyclic) bond motifs is 1. The van der Waals surface area contributed by atoms with Crippen molar-refractivity contribution in [3.05, 3.63) is 63.1 Å². The zero-order valence-corrected chi connectivity index (χ0v) is 15.5. The summed E-state index contributed by atoms with van der Waals surface area (Å²) in [5, 5.41) is 4.46. The number of hydrogen-bond donors (Lipinski definition) is 1. The second kappa shape index (κ2) is 7.36. The van der Waals surface area contributed by atoms with Gasteiger partial charge in [0.25, 0.3) is 0 Å². The second-order valence-corrected chi connectivity index (χ2v) is 6.88. The summed E-state index contributed by atoms with van der Waals surface area (Å²) in [6.45, 7) is 2.50. The summed E-state index contributed by atoms with van der Waals surface area (Å²) in [5.74, 6) is 6.21. The highest BCUT2D eigenvalue weighted by atomic mass is 79.9. The van der Waals surface area contributed by atoms with E-state index in [0.717, 1.165) is 33.5 Å². The third-order valence-electron chi connectivity index (χ3n) is 3.89. The fraction of sp³-hybridized carbons (Fsp3) is 0.222. The Morgan fingerprint density at radius 1 is 1.33 bits per heavy atom. The van der Waals surface area contributed by atoms with E-state index in [0.29, 0.717) is 17.3 Å². The van der Waals surface area contributed by atoms with Crippen molar-refractivity contribution in [1.82, 2.24) is 0 Å². The van der Waals surface area contributed by atoms with Gasteiger partial charge in [0.05, 0.1) is 11.4 Å². The van der Waals surface area contributed by atoms with E-state index in [1.165, 1.54) is 0 Å². The Bertz CT molecular complexity index is 820. The van der Waals surface area contributed by atoms with Gasteiger partial charge in [-0.3, -0.25) is 4.99 Å². The molecule has 3 rings (SSSR count). The molecule has 0 saturated carbocycles. The van der Waals surface area contributed by atoms with E-state index in [1.807, 2.05) is 43.3 Å². The van der Waals surface area contributed by atoms with Crippen LogP contribution in [0, 0.1) is 0 Å². The van der Waals surface area contributed by atoms with Crippen LogP contribution in [-0.4, -0.2) is 18.0 Å². The normalized spacial score (nSPS) is 17.7. The van der Waals surface area contributed by atoms with Crippen LogP contribution in [0.25, 0.3) is 0 Å². The average molecular weight is 407 g/mol. The first-order chi connectivity index (χ1) is 11.6. The molecule has 0 spiro atoms. The number of halogens is 2. The van der Waals surface area contributed by atoms with Crippen molar-refractivity contribution >= 4 is 39.0 Å². The Labute approximate surface area is 154 Å². The summed E-state index contributed by atoms with van der Waals surface area (Å²) >= 11 is 9.61. The predicted octanol–water partition coefficient (Wildman–Crippen LogP) is 4.75. The molecule has 1 aliphatic rings. The molecule has 1 aliphatic heterocycles. The van der Waals surface area contributed by atoms with Gasteiger partial charge in [0.2, 0.25) is 0 Å². The minimum Gasteiger partial charge on any atom is -0.486 e. The number of hydrazone groups is 1. The first kappa shape index (κ1) is 17.0. The topological polar surface area (TPSA) is 60.0 Å². The zero-order chi connectivity index (χ0) is 17.1. The summed E-state index contributed by atoms with van der Waals surface area (Å²) in [6.07, 6.45) is 0.639. The zero-order valence-electron chi connectivity index (χ0n) is 13.2. The Morgan fingerprint density at radius 3 is 2.92 bits per heavy atom. The van der Waals surface area contributed by atoms with Crippen molar-refractivity contribution in [3.63, 3.8) is 0 Å². The van der Waals surface area contributed by atoms with E-state index in [1.54, 1.807) is 0 Å². The highest BCUT2D eigenvalue weighted by molar-refractivity contribution is 9.10. The van der Waals surface area contributed by atoms with Gasteiger partial charge in [0.1, 0.15) is 11.9 Å². The van der Waals surface area contributed by atoms with E-state index in [2.05, 4.69) is 32.1 Å². The first-order valence-electron chi connectivity index (χ1n) is 7.60. The van der Waals surface area contributed by atoms with E-state index in [-0.39, 0.29) is 6.10 Å². The van der Waals surface area contributed by atoms with Crippen LogP contribution in [0.2, 0.25) is 5.02 Å². The highest BCUT2D eigenvalue weighted by Crippen LogP contribution is 2.33. The van der Waals surface area contributed by atoms with Crippen LogP contribution in [-0.2, 0) is 0 Å². The van der Waals surface area contributed by atoms with Crippen molar-refractivity contribution in [2.45, 2.75) is 19.4 Å². The molecule has 1 unspecified atom stereocenters. The maximum absolute atomic E-state index is 6.21. The Balaban J connectivity index is 2.02. The van der Waals surface area contributed by atoms with Crippen LogP contribution >= 0.6 is 27.5 Å². The molecule has 2 aromatic rings. The molecule has 0 fully saturated rings. The number of benzene rings is 2. The third kappa shape index (κ3) is 3.62. The van der Waals surface area contributed by atoms with Crippen molar-refractivity contribution in [2.75, 3.05) is 6.54 Å². The van der Waals surface area contributed by atoms with E-state index in [4.69, 9.17) is 22.2 Å². The number of hydrogen-bond acceptors (Lipinski definition) is 4. The monoisotopic (exact) mass is 405 g/mol. The smallest absolute Gasteiger partial charge is 0.126 e. The van der Waals surface area contributed by atoms with Gasteiger partial charge in [0.15, 0.2) is 0 Å². The fourth-order valence-corrected chi connectivity index (χ4v) is 3.31. The maximum Gasteiger partial charge on any atom is 0.126 e. The molecule has 1 heterocycles. The number of aliphatic imine (C=N–C) groups is 1. The summed E-state index contributed by atoms with van der Waals surface area (Å²) in [4.78, 5) is 4.66. The molecule has 2 aromatic carbocycles.